The van der Waals surface area contributed by atoms with Crippen LogP contribution in [0.4, 0.5) is 0 Å². The van der Waals surface area contributed by atoms with Crippen LogP contribution in [0.5, 0.6) is 0 Å². The van der Waals surface area contributed by atoms with Crippen molar-refractivity contribution in [2.75, 3.05) is 0 Å². The first-order chi connectivity index (χ1) is 12.2. The molecule has 5 aromatic rings. The van der Waals surface area contributed by atoms with Gasteiger partial charge in [-0.25, -0.2) is 4.98 Å². The van der Waals surface area contributed by atoms with E-state index < -0.39 is 0 Å². The number of fused-ring (bicyclic) bond motifs is 4. The minimum absolute atomic E-state index is 0.728. The molecule has 0 aliphatic rings. The zero-order valence-corrected chi connectivity index (χ0v) is 14.5. The van der Waals surface area contributed by atoms with Crippen molar-refractivity contribution < 1.29 is 0 Å². The standard InChI is InChI=1S/C22H15ClN2/c1-25-19-10-6-5-9-16(19)21-20(14-7-3-2-4-8-14)17-13-15(23)11-12-18(17)24-22(21)25/h2-13H,1H3. The summed E-state index contributed by atoms with van der Waals surface area (Å²) < 4.78 is 2.17. The lowest BCUT2D eigenvalue weighted by Gasteiger charge is -2.10. The number of benzene rings is 3. The summed E-state index contributed by atoms with van der Waals surface area (Å²) in [6.45, 7) is 0. The Bertz CT molecular complexity index is 1250. The molecule has 0 bridgehead atoms. The van der Waals surface area contributed by atoms with Crippen molar-refractivity contribution in [2.24, 2.45) is 7.05 Å². The van der Waals surface area contributed by atoms with E-state index in [4.69, 9.17) is 16.6 Å². The van der Waals surface area contributed by atoms with Crippen molar-refractivity contribution in [2.45, 2.75) is 0 Å². The molecule has 0 aliphatic carbocycles. The first-order valence-electron chi connectivity index (χ1n) is 8.26. The first kappa shape index (κ1) is 14.5. The Morgan fingerprint density at radius 2 is 1.60 bits per heavy atom. The predicted octanol–water partition coefficient (Wildman–Crippen LogP) is 6.20. The maximum Gasteiger partial charge on any atom is 0.142 e. The lowest BCUT2D eigenvalue weighted by molar-refractivity contribution is 0.994. The summed E-state index contributed by atoms with van der Waals surface area (Å²) in [5, 5.41) is 4.21. The van der Waals surface area contributed by atoms with Gasteiger partial charge in [-0.3, -0.25) is 0 Å². The summed E-state index contributed by atoms with van der Waals surface area (Å²) in [5.74, 6) is 0. The fourth-order valence-electron chi connectivity index (χ4n) is 3.72. The molecule has 120 valence electrons. The van der Waals surface area contributed by atoms with Crippen LogP contribution < -0.4 is 0 Å². The molecule has 25 heavy (non-hydrogen) atoms. The van der Waals surface area contributed by atoms with E-state index in [0.29, 0.717) is 0 Å². The molecule has 2 aromatic heterocycles. The molecule has 0 amide bonds. The van der Waals surface area contributed by atoms with Gasteiger partial charge in [0.05, 0.1) is 11.0 Å². The second-order valence-electron chi connectivity index (χ2n) is 6.29. The van der Waals surface area contributed by atoms with Crippen LogP contribution in [0.15, 0.2) is 72.8 Å². The number of halogens is 1. The van der Waals surface area contributed by atoms with E-state index in [1.54, 1.807) is 0 Å². The van der Waals surface area contributed by atoms with Gasteiger partial charge in [-0.1, -0.05) is 60.1 Å². The van der Waals surface area contributed by atoms with Crippen LogP contribution in [0.1, 0.15) is 0 Å². The molecular weight excluding hydrogens is 328 g/mol. The summed E-state index contributed by atoms with van der Waals surface area (Å²) in [5.41, 5.74) is 5.51. The Morgan fingerprint density at radius 3 is 2.44 bits per heavy atom. The van der Waals surface area contributed by atoms with Crippen molar-refractivity contribution >= 4 is 44.4 Å². The fraction of sp³-hybridized carbons (Fsp3) is 0.0455. The molecule has 0 radical (unpaired) electrons. The smallest absolute Gasteiger partial charge is 0.142 e. The van der Waals surface area contributed by atoms with Gasteiger partial charge in [0.15, 0.2) is 0 Å². The van der Waals surface area contributed by atoms with Gasteiger partial charge in [0.1, 0.15) is 5.65 Å². The quantitative estimate of drug-likeness (QED) is 0.354. The first-order valence-corrected chi connectivity index (χ1v) is 8.63. The van der Waals surface area contributed by atoms with Crippen molar-refractivity contribution in [1.29, 1.82) is 0 Å². The minimum atomic E-state index is 0.728. The van der Waals surface area contributed by atoms with Crippen molar-refractivity contribution in [3.05, 3.63) is 77.8 Å². The maximum absolute atomic E-state index is 6.32. The molecule has 2 heterocycles. The summed E-state index contributed by atoms with van der Waals surface area (Å²) in [6, 6.07) is 24.9. The SMILES string of the molecule is Cn1c2ccccc2c2c(-c3ccccc3)c3cc(Cl)ccc3nc21. The highest BCUT2D eigenvalue weighted by molar-refractivity contribution is 6.32. The summed E-state index contributed by atoms with van der Waals surface area (Å²) in [6.07, 6.45) is 0. The third-order valence-corrected chi connectivity index (χ3v) is 5.08. The van der Waals surface area contributed by atoms with Crippen LogP contribution in [0, 0.1) is 0 Å². The van der Waals surface area contributed by atoms with Gasteiger partial charge in [0.25, 0.3) is 0 Å². The number of aryl methyl sites for hydroxylation is 1. The van der Waals surface area contributed by atoms with Gasteiger partial charge in [-0.15, -0.1) is 0 Å². The van der Waals surface area contributed by atoms with E-state index in [9.17, 15) is 0 Å². The summed E-state index contributed by atoms with van der Waals surface area (Å²) in [7, 11) is 2.08. The molecule has 0 saturated carbocycles. The van der Waals surface area contributed by atoms with Crippen molar-refractivity contribution in [3.8, 4) is 11.1 Å². The normalized spacial score (nSPS) is 11.6. The van der Waals surface area contributed by atoms with Gasteiger partial charge in [0, 0.05) is 33.8 Å². The maximum atomic E-state index is 6.32. The molecule has 0 N–H and O–H groups in total. The highest BCUT2D eigenvalue weighted by Crippen LogP contribution is 2.40. The molecule has 3 aromatic carbocycles. The summed E-state index contributed by atoms with van der Waals surface area (Å²) in [4.78, 5) is 4.95. The largest absolute Gasteiger partial charge is 0.328 e. The molecular formula is C22H15ClN2. The van der Waals surface area contributed by atoms with Gasteiger partial charge in [0.2, 0.25) is 0 Å². The van der Waals surface area contributed by atoms with E-state index in [1.807, 2.05) is 24.3 Å². The lowest BCUT2D eigenvalue weighted by Crippen LogP contribution is -1.92. The second kappa shape index (κ2) is 5.33. The van der Waals surface area contributed by atoms with Gasteiger partial charge >= 0.3 is 0 Å². The Kier molecular flexibility index (Phi) is 3.09. The highest BCUT2D eigenvalue weighted by Gasteiger charge is 2.17. The molecule has 3 heteroatoms. The van der Waals surface area contributed by atoms with Crippen LogP contribution >= 0.6 is 11.6 Å². The van der Waals surface area contributed by atoms with Crippen LogP contribution in [-0.2, 0) is 7.05 Å². The third-order valence-electron chi connectivity index (χ3n) is 4.84. The minimum Gasteiger partial charge on any atom is -0.328 e. The Balaban J connectivity index is 2.11. The lowest BCUT2D eigenvalue weighted by atomic mass is 9.96. The Hall–Kier alpha value is -2.84. The monoisotopic (exact) mass is 342 g/mol. The van der Waals surface area contributed by atoms with Crippen molar-refractivity contribution in [3.63, 3.8) is 0 Å². The molecule has 0 fully saturated rings. The molecule has 0 saturated heterocycles. The topological polar surface area (TPSA) is 17.8 Å². The number of para-hydroxylation sites is 1. The van der Waals surface area contributed by atoms with Gasteiger partial charge < -0.3 is 4.57 Å². The fourth-order valence-corrected chi connectivity index (χ4v) is 3.89. The Labute approximate surface area is 150 Å². The van der Waals surface area contributed by atoms with Gasteiger partial charge in [-0.2, -0.15) is 0 Å². The molecule has 0 aliphatic heterocycles. The van der Waals surface area contributed by atoms with Crippen LogP contribution in [0.2, 0.25) is 5.02 Å². The van der Waals surface area contributed by atoms with E-state index in [1.165, 1.54) is 27.4 Å². The molecule has 2 nitrogen and oxygen atoms in total. The van der Waals surface area contributed by atoms with Crippen LogP contribution in [0.25, 0.3) is 44.0 Å². The van der Waals surface area contributed by atoms with Crippen LogP contribution in [-0.4, -0.2) is 9.55 Å². The van der Waals surface area contributed by atoms with Gasteiger partial charge in [-0.05, 0) is 29.8 Å². The number of pyridine rings is 1. The molecule has 0 spiro atoms. The van der Waals surface area contributed by atoms with E-state index in [-0.39, 0.29) is 0 Å². The average molecular weight is 343 g/mol. The molecule has 0 unspecified atom stereocenters. The van der Waals surface area contributed by atoms with Crippen molar-refractivity contribution in [1.82, 2.24) is 9.55 Å². The summed E-state index contributed by atoms with van der Waals surface area (Å²) >= 11 is 6.32. The molecule has 0 atom stereocenters. The number of rotatable bonds is 1. The average Bonchev–Trinajstić information content (AvgIpc) is 2.93. The third kappa shape index (κ3) is 2.08. The number of nitrogens with zero attached hydrogens (tertiary/aromatic N) is 2. The second-order valence-corrected chi connectivity index (χ2v) is 6.73. The predicted molar refractivity (Wildman–Crippen MR) is 106 cm³/mol. The van der Waals surface area contributed by atoms with Crippen LogP contribution in [0.3, 0.4) is 0 Å². The number of hydrogen-bond donors (Lipinski definition) is 0. The van der Waals surface area contributed by atoms with E-state index in [0.717, 1.165) is 21.6 Å². The zero-order chi connectivity index (χ0) is 17.0. The van der Waals surface area contributed by atoms with E-state index in [2.05, 4.69) is 60.1 Å². The Morgan fingerprint density at radius 1 is 0.840 bits per heavy atom. The zero-order valence-electron chi connectivity index (χ0n) is 13.7. The molecule has 5 rings (SSSR count). The highest BCUT2D eigenvalue weighted by atomic mass is 35.5. The number of hydrogen-bond acceptors (Lipinski definition) is 1. The van der Waals surface area contributed by atoms with E-state index >= 15 is 0 Å². The number of aromatic nitrogens is 2.